The van der Waals surface area contributed by atoms with Crippen LogP contribution in [0.3, 0.4) is 0 Å². The summed E-state index contributed by atoms with van der Waals surface area (Å²) < 4.78 is 21.2. The predicted molar refractivity (Wildman–Crippen MR) is 33.9 cm³/mol. The molecule has 0 fully saturated rings. The van der Waals surface area contributed by atoms with Crippen molar-refractivity contribution in [3.8, 4) is 0 Å². The van der Waals surface area contributed by atoms with Gasteiger partial charge in [-0.05, 0) is 6.07 Å². The first kappa shape index (κ1) is 3.00. The van der Waals surface area contributed by atoms with E-state index in [1.54, 1.807) is 0 Å². The summed E-state index contributed by atoms with van der Waals surface area (Å²) in [7, 11) is 0. The van der Waals surface area contributed by atoms with Gasteiger partial charge < -0.3 is 10.3 Å². The van der Waals surface area contributed by atoms with Gasteiger partial charge in [0.2, 0.25) is 0 Å². The molecule has 1 heterocycles. The van der Waals surface area contributed by atoms with Gasteiger partial charge >= 0.3 is 5.69 Å². The quantitative estimate of drug-likeness (QED) is 0.474. The summed E-state index contributed by atoms with van der Waals surface area (Å²) in [5.41, 5.74) is 4.30. The van der Waals surface area contributed by atoms with Crippen molar-refractivity contribution >= 4 is 5.82 Å². The van der Waals surface area contributed by atoms with E-state index in [4.69, 9.17) is 9.85 Å². The lowest BCUT2D eigenvalue weighted by atomic mass is 10.6. The van der Waals surface area contributed by atoms with Crippen LogP contribution >= 0.6 is 0 Å². The molecule has 4 nitrogen and oxygen atoms in total. The molecule has 0 saturated heterocycles. The molecule has 0 atom stereocenters. The molecule has 0 unspecified atom stereocenters. The second-order valence-electron chi connectivity index (χ2n) is 1.50. The lowest BCUT2D eigenvalue weighted by Crippen LogP contribution is -2.19. The Bertz CT molecular complexity index is 343. The lowest BCUT2D eigenvalue weighted by Gasteiger charge is -1.92. The minimum Gasteiger partial charge on any atom is -0.383 e. The van der Waals surface area contributed by atoms with E-state index in [1.165, 1.54) is 6.07 Å². The Labute approximate surface area is 56.2 Å². The molecule has 0 aliphatic heterocycles. The first-order chi connectivity index (χ1) is 5.41. The Kier molecular flexibility index (Phi) is 0.631. The molecule has 0 aromatic carbocycles. The van der Waals surface area contributed by atoms with Crippen LogP contribution < -0.4 is 11.4 Å². The van der Waals surface area contributed by atoms with Crippen molar-refractivity contribution in [3.05, 3.63) is 22.7 Å². The van der Waals surface area contributed by atoms with E-state index in [0.29, 0.717) is 4.57 Å². The molecule has 0 saturated carbocycles. The van der Waals surface area contributed by atoms with Crippen molar-refractivity contribution in [3.63, 3.8) is 0 Å². The zero-order valence-corrected chi connectivity index (χ0v) is 4.53. The summed E-state index contributed by atoms with van der Waals surface area (Å²) in [4.78, 5) is 14.2. The van der Waals surface area contributed by atoms with E-state index < -0.39 is 12.7 Å². The first-order valence-corrected chi connectivity index (χ1v) is 2.27. The molecule has 4 heteroatoms. The molecular weight excluding hydrogens is 119 g/mol. The molecule has 1 aromatic rings. The van der Waals surface area contributed by atoms with Crippen LogP contribution in [0.25, 0.3) is 0 Å². The highest BCUT2D eigenvalue weighted by molar-refractivity contribution is 5.23. The molecule has 0 aliphatic rings. The van der Waals surface area contributed by atoms with Gasteiger partial charge in [0, 0.05) is 17.3 Å². The maximum atomic E-state index is 10.9. The Morgan fingerprint density at radius 1 is 2.00 bits per heavy atom. The van der Waals surface area contributed by atoms with E-state index >= 15 is 0 Å². The third kappa shape index (κ3) is 1.07. The molecule has 48 valence electrons. The SMILES string of the molecule is [2H][13C]([2H])([2H])n1ccc(N)nc1=O. The van der Waals surface area contributed by atoms with Crippen LogP contribution in [-0.2, 0) is 6.98 Å². The summed E-state index contributed by atoms with van der Waals surface area (Å²) in [6.45, 7) is -2.49. The van der Waals surface area contributed by atoms with E-state index in [-0.39, 0.29) is 5.82 Å². The maximum absolute atomic E-state index is 10.9. The number of hydrogen-bond donors (Lipinski definition) is 1. The summed E-state index contributed by atoms with van der Waals surface area (Å²) >= 11 is 0. The average molecular weight is 129 g/mol. The van der Waals surface area contributed by atoms with Crippen LogP contribution in [0.4, 0.5) is 5.82 Å². The standard InChI is InChI=1S/C5H7N3O/c1-8-3-2-4(6)7-5(8)9/h2-3H,1H3,(H2,6,7,9)/i1+1D3. The molecule has 1 rings (SSSR count). The van der Waals surface area contributed by atoms with Crippen LogP contribution in [0, 0.1) is 0 Å². The third-order valence-corrected chi connectivity index (χ3v) is 0.825. The number of aryl methyl sites for hydroxylation is 1. The maximum Gasteiger partial charge on any atom is 0.349 e. The number of nitrogens with two attached hydrogens (primary N) is 1. The molecular formula is C5H7N3O. The van der Waals surface area contributed by atoms with Gasteiger partial charge in [0.1, 0.15) is 5.82 Å². The Morgan fingerprint density at radius 2 is 2.78 bits per heavy atom. The van der Waals surface area contributed by atoms with E-state index in [1.807, 2.05) is 0 Å². The van der Waals surface area contributed by atoms with Crippen LogP contribution in [0.1, 0.15) is 4.11 Å². The van der Waals surface area contributed by atoms with Gasteiger partial charge in [0.25, 0.3) is 0 Å². The molecule has 2 N–H and O–H groups in total. The monoisotopic (exact) mass is 129 g/mol. The van der Waals surface area contributed by atoms with Crippen molar-refractivity contribution in [2.45, 2.75) is 0 Å². The molecule has 0 bridgehead atoms. The van der Waals surface area contributed by atoms with Crippen LogP contribution in [0.2, 0.25) is 0 Å². The zero-order chi connectivity index (χ0) is 9.35. The van der Waals surface area contributed by atoms with Crippen LogP contribution in [0.15, 0.2) is 17.1 Å². The molecule has 9 heavy (non-hydrogen) atoms. The minimum atomic E-state index is -2.49. The van der Waals surface area contributed by atoms with Crippen molar-refractivity contribution in [1.82, 2.24) is 9.55 Å². The number of nitrogens with zero attached hydrogens (tertiary/aromatic N) is 2. The van der Waals surface area contributed by atoms with Gasteiger partial charge in [0.15, 0.2) is 0 Å². The first-order valence-electron chi connectivity index (χ1n) is 3.77. The van der Waals surface area contributed by atoms with E-state index in [9.17, 15) is 4.79 Å². The van der Waals surface area contributed by atoms with Crippen LogP contribution in [-0.4, -0.2) is 9.55 Å². The Hall–Kier alpha value is -1.32. The van der Waals surface area contributed by atoms with Gasteiger partial charge in [-0.25, -0.2) is 4.79 Å². The van der Waals surface area contributed by atoms with Crippen molar-refractivity contribution in [1.29, 1.82) is 0 Å². The highest BCUT2D eigenvalue weighted by Gasteiger charge is 1.88. The normalized spacial score (nSPS) is 15.8. The van der Waals surface area contributed by atoms with Gasteiger partial charge in [-0.3, -0.25) is 0 Å². The average Bonchev–Trinajstić information content (AvgIpc) is 1.83. The summed E-state index contributed by atoms with van der Waals surface area (Å²) in [6, 6.07) is 1.26. The predicted octanol–water partition coefficient (Wildman–Crippen LogP) is -0.637. The number of hydrogen-bond acceptors (Lipinski definition) is 3. The smallest absolute Gasteiger partial charge is 0.349 e. The second-order valence-corrected chi connectivity index (χ2v) is 1.50. The fourth-order valence-corrected chi connectivity index (χ4v) is 0.416. The highest BCUT2D eigenvalue weighted by atomic mass is 16.1. The van der Waals surface area contributed by atoms with Gasteiger partial charge in [0.05, 0.1) is 0 Å². The molecule has 0 spiro atoms. The number of aromatic nitrogens is 2. The van der Waals surface area contributed by atoms with Gasteiger partial charge in [-0.15, -0.1) is 0 Å². The number of anilines is 1. The van der Waals surface area contributed by atoms with Crippen molar-refractivity contribution < 1.29 is 4.11 Å². The summed E-state index contributed by atoms with van der Waals surface area (Å²) in [5, 5.41) is 0. The van der Waals surface area contributed by atoms with E-state index in [2.05, 4.69) is 4.98 Å². The molecule has 0 amide bonds. The fourth-order valence-electron chi connectivity index (χ4n) is 0.416. The second kappa shape index (κ2) is 1.89. The topological polar surface area (TPSA) is 60.9 Å². The summed E-state index contributed by atoms with van der Waals surface area (Å²) in [5.74, 6) is 0.0144. The largest absolute Gasteiger partial charge is 0.383 e. The van der Waals surface area contributed by atoms with E-state index in [0.717, 1.165) is 6.20 Å². The third-order valence-electron chi connectivity index (χ3n) is 0.825. The Balaban J connectivity index is 3.29. The molecule has 0 aliphatic carbocycles. The lowest BCUT2D eigenvalue weighted by molar-refractivity contribution is 0.814. The zero-order valence-electron chi connectivity index (χ0n) is 7.53. The Morgan fingerprint density at radius 3 is 3.33 bits per heavy atom. The van der Waals surface area contributed by atoms with Crippen molar-refractivity contribution in [2.75, 3.05) is 5.73 Å². The van der Waals surface area contributed by atoms with Crippen LogP contribution in [0.5, 0.6) is 0 Å². The highest BCUT2D eigenvalue weighted by Crippen LogP contribution is 1.85. The minimum absolute atomic E-state index is 0.0144. The van der Waals surface area contributed by atoms with Crippen molar-refractivity contribution in [2.24, 2.45) is 6.98 Å². The number of nitrogen functional groups attached to an aromatic ring is 1. The molecule has 1 aromatic heterocycles. The fraction of sp³-hybridized carbons (Fsp3) is 0.200. The molecule has 0 radical (unpaired) electrons. The van der Waals surface area contributed by atoms with Gasteiger partial charge in [-0.2, -0.15) is 4.98 Å². The summed E-state index contributed by atoms with van der Waals surface area (Å²) in [6.07, 6.45) is 1.09. The van der Waals surface area contributed by atoms with Gasteiger partial charge in [-0.1, -0.05) is 0 Å². The number of rotatable bonds is 0.